The molecule has 0 saturated heterocycles. The first-order valence-corrected chi connectivity index (χ1v) is 12.2. The second-order valence-electron chi connectivity index (χ2n) is 7.75. The largest absolute Gasteiger partial charge is 0.494 e. The summed E-state index contributed by atoms with van der Waals surface area (Å²) in [6.45, 7) is 6.50. The molecule has 1 aliphatic rings. The van der Waals surface area contributed by atoms with E-state index in [1.165, 1.54) is 17.8 Å². The predicted octanol–water partition coefficient (Wildman–Crippen LogP) is 5.35. The van der Waals surface area contributed by atoms with Crippen molar-refractivity contribution in [3.8, 4) is 5.75 Å². The predicted molar refractivity (Wildman–Crippen MR) is 129 cm³/mol. The number of benzene rings is 2. The Morgan fingerprint density at radius 2 is 2.03 bits per heavy atom. The van der Waals surface area contributed by atoms with Crippen molar-refractivity contribution < 1.29 is 18.7 Å². The molecule has 3 aromatic rings. The maximum absolute atomic E-state index is 14.1. The highest BCUT2D eigenvalue weighted by Crippen LogP contribution is 2.38. The molecule has 178 valence electrons. The molecule has 4 rings (SSSR count). The van der Waals surface area contributed by atoms with Gasteiger partial charge in [0.1, 0.15) is 17.6 Å². The summed E-state index contributed by atoms with van der Waals surface area (Å²) in [5.74, 6) is 0.930. The number of thioether (sulfide) groups is 1. The van der Waals surface area contributed by atoms with Crippen LogP contribution >= 0.6 is 11.8 Å². The highest BCUT2D eigenvalue weighted by atomic mass is 32.2. The van der Waals surface area contributed by atoms with Gasteiger partial charge >= 0.3 is 5.97 Å². The number of hydrogen-bond donors (Lipinski definition) is 1. The fourth-order valence-corrected chi connectivity index (χ4v) is 4.54. The zero-order valence-electron chi connectivity index (χ0n) is 19.4. The van der Waals surface area contributed by atoms with Gasteiger partial charge in [0.2, 0.25) is 11.1 Å². The van der Waals surface area contributed by atoms with Crippen LogP contribution in [-0.4, -0.2) is 33.9 Å². The minimum Gasteiger partial charge on any atom is -0.494 e. The molecule has 0 aliphatic carbocycles. The van der Waals surface area contributed by atoms with Crippen molar-refractivity contribution in [1.82, 2.24) is 14.8 Å². The SMILES string of the molecule is CCCOc1cccc(C2C(C(=O)OCC)=C(C)Nc3nc(SCc4ccccc4F)nn32)c1. The molecule has 1 aromatic heterocycles. The highest BCUT2D eigenvalue weighted by Gasteiger charge is 2.35. The quantitative estimate of drug-likeness (QED) is 0.325. The Bertz CT molecular complexity index is 1210. The first kappa shape index (κ1) is 23.8. The van der Waals surface area contributed by atoms with Crippen LogP contribution in [0.2, 0.25) is 0 Å². The topological polar surface area (TPSA) is 78.3 Å². The third-order valence-corrected chi connectivity index (χ3v) is 6.18. The molecule has 2 aromatic carbocycles. The number of fused-ring (bicyclic) bond motifs is 1. The number of aromatic nitrogens is 3. The standard InChI is InChI=1S/C25H27FN4O3S/c1-4-13-33-19-11-8-10-17(14-19)22-21(23(31)32-5-2)16(3)27-24-28-25(29-30(22)24)34-15-18-9-6-7-12-20(18)26/h6-12,14,22H,4-5,13,15H2,1-3H3,(H,27,28,29). The van der Waals surface area contributed by atoms with Gasteiger partial charge in [0.05, 0.1) is 18.8 Å². The Balaban J connectivity index is 1.70. The third-order valence-electron chi connectivity index (χ3n) is 5.29. The fraction of sp³-hybridized carbons (Fsp3) is 0.320. The number of nitrogens with zero attached hydrogens (tertiary/aromatic N) is 3. The van der Waals surface area contributed by atoms with E-state index in [0.717, 1.165) is 17.7 Å². The molecule has 9 heteroatoms. The van der Waals surface area contributed by atoms with E-state index in [1.54, 1.807) is 29.8 Å². The van der Waals surface area contributed by atoms with Crippen LogP contribution in [0, 0.1) is 5.82 Å². The molecule has 1 unspecified atom stereocenters. The molecule has 1 N–H and O–H groups in total. The molecule has 0 amide bonds. The van der Waals surface area contributed by atoms with Gasteiger partial charge in [-0.15, -0.1) is 5.10 Å². The van der Waals surface area contributed by atoms with E-state index in [9.17, 15) is 9.18 Å². The van der Waals surface area contributed by atoms with E-state index >= 15 is 0 Å². The van der Waals surface area contributed by atoms with E-state index in [0.29, 0.717) is 40.3 Å². The van der Waals surface area contributed by atoms with Crippen LogP contribution < -0.4 is 10.1 Å². The number of hydrogen-bond acceptors (Lipinski definition) is 7. The van der Waals surface area contributed by atoms with Gasteiger partial charge in [-0.3, -0.25) is 0 Å². The van der Waals surface area contributed by atoms with Gasteiger partial charge in [-0.05, 0) is 49.6 Å². The van der Waals surface area contributed by atoms with Crippen molar-refractivity contribution in [2.24, 2.45) is 0 Å². The minimum absolute atomic E-state index is 0.260. The second kappa shape index (κ2) is 10.7. The zero-order chi connectivity index (χ0) is 24.1. The molecule has 0 bridgehead atoms. The Labute approximate surface area is 202 Å². The Morgan fingerprint density at radius 1 is 1.21 bits per heavy atom. The molecule has 0 saturated carbocycles. The number of carbonyl (C=O) groups is 1. The van der Waals surface area contributed by atoms with Crippen molar-refractivity contribution in [2.45, 2.75) is 44.1 Å². The van der Waals surface area contributed by atoms with Crippen LogP contribution in [0.15, 0.2) is 65.0 Å². The maximum atomic E-state index is 14.1. The minimum atomic E-state index is -0.546. The fourth-order valence-electron chi connectivity index (χ4n) is 3.73. The first-order valence-electron chi connectivity index (χ1n) is 11.2. The van der Waals surface area contributed by atoms with Crippen molar-refractivity contribution in [3.63, 3.8) is 0 Å². The van der Waals surface area contributed by atoms with E-state index in [2.05, 4.69) is 15.4 Å². The van der Waals surface area contributed by atoms with E-state index in [1.807, 2.05) is 38.1 Å². The summed E-state index contributed by atoms with van der Waals surface area (Å²) in [5, 5.41) is 8.33. The number of esters is 1. The molecule has 0 fully saturated rings. The van der Waals surface area contributed by atoms with Crippen LogP contribution in [0.3, 0.4) is 0 Å². The van der Waals surface area contributed by atoms with Gasteiger partial charge in [-0.1, -0.05) is 49.0 Å². The van der Waals surface area contributed by atoms with E-state index in [-0.39, 0.29) is 12.4 Å². The maximum Gasteiger partial charge on any atom is 0.338 e. The molecular formula is C25H27FN4O3S. The van der Waals surface area contributed by atoms with Gasteiger partial charge in [-0.2, -0.15) is 4.98 Å². The van der Waals surface area contributed by atoms with Gasteiger partial charge in [0.25, 0.3) is 0 Å². The summed E-state index contributed by atoms with van der Waals surface area (Å²) in [6.07, 6.45) is 0.889. The zero-order valence-corrected chi connectivity index (χ0v) is 20.2. The van der Waals surface area contributed by atoms with Crippen LogP contribution in [0.4, 0.5) is 10.3 Å². The normalized spacial score (nSPS) is 15.0. The summed E-state index contributed by atoms with van der Waals surface area (Å²) in [4.78, 5) is 17.6. The van der Waals surface area contributed by atoms with Gasteiger partial charge in [-0.25, -0.2) is 13.9 Å². The highest BCUT2D eigenvalue weighted by molar-refractivity contribution is 7.98. The summed E-state index contributed by atoms with van der Waals surface area (Å²) in [6, 6.07) is 13.7. The number of ether oxygens (including phenoxy) is 2. The molecule has 34 heavy (non-hydrogen) atoms. The molecule has 1 atom stereocenters. The lowest BCUT2D eigenvalue weighted by molar-refractivity contribution is -0.139. The van der Waals surface area contributed by atoms with Crippen LogP contribution in [0.25, 0.3) is 0 Å². The average molecular weight is 483 g/mol. The van der Waals surface area contributed by atoms with Crippen LogP contribution in [0.1, 0.15) is 44.4 Å². The lowest BCUT2D eigenvalue weighted by atomic mass is 9.95. The Morgan fingerprint density at radius 3 is 2.79 bits per heavy atom. The lowest BCUT2D eigenvalue weighted by Crippen LogP contribution is -2.29. The molecule has 1 aliphatic heterocycles. The third kappa shape index (κ3) is 5.09. The van der Waals surface area contributed by atoms with Gasteiger partial charge in [0.15, 0.2) is 0 Å². The number of allylic oxidation sites excluding steroid dienone is 1. The van der Waals surface area contributed by atoms with Crippen LogP contribution in [0.5, 0.6) is 5.75 Å². The van der Waals surface area contributed by atoms with Crippen LogP contribution in [-0.2, 0) is 15.3 Å². The molecule has 0 radical (unpaired) electrons. The van der Waals surface area contributed by atoms with Gasteiger partial charge < -0.3 is 14.8 Å². The van der Waals surface area contributed by atoms with Crippen molar-refractivity contribution in [2.75, 3.05) is 18.5 Å². The molecule has 2 heterocycles. The second-order valence-corrected chi connectivity index (χ2v) is 8.69. The van der Waals surface area contributed by atoms with Crippen molar-refractivity contribution >= 4 is 23.7 Å². The Hall–Kier alpha value is -3.33. The molecular weight excluding hydrogens is 455 g/mol. The Kier molecular flexibility index (Phi) is 7.52. The monoisotopic (exact) mass is 482 g/mol. The summed E-state index contributed by atoms with van der Waals surface area (Å²) >= 11 is 1.33. The number of rotatable bonds is 9. The molecule has 0 spiro atoms. The first-order chi connectivity index (χ1) is 16.5. The summed E-state index contributed by atoms with van der Waals surface area (Å²) in [7, 11) is 0. The number of halogens is 1. The summed E-state index contributed by atoms with van der Waals surface area (Å²) < 4.78 is 26.9. The molecule has 7 nitrogen and oxygen atoms in total. The number of anilines is 1. The average Bonchev–Trinajstić information content (AvgIpc) is 3.24. The lowest BCUT2D eigenvalue weighted by Gasteiger charge is -2.28. The number of carbonyl (C=O) groups excluding carboxylic acids is 1. The smallest absolute Gasteiger partial charge is 0.338 e. The van der Waals surface area contributed by atoms with E-state index < -0.39 is 12.0 Å². The van der Waals surface area contributed by atoms with Gasteiger partial charge in [0, 0.05) is 11.4 Å². The van der Waals surface area contributed by atoms with Crippen molar-refractivity contribution in [1.29, 1.82) is 0 Å². The summed E-state index contributed by atoms with van der Waals surface area (Å²) in [5.41, 5.74) is 2.51. The van der Waals surface area contributed by atoms with Crippen molar-refractivity contribution in [3.05, 3.63) is 76.7 Å². The van der Waals surface area contributed by atoms with E-state index in [4.69, 9.17) is 9.47 Å². The number of nitrogens with one attached hydrogen (secondary N) is 1.